The zero-order chi connectivity index (χ0) is 9.72. The third-order valence-electron chi connectivity index (χ3n) is 0.981. The quantitative estimate of drug-likeness (QED) is 0.322. The molecule has 0 fully saturated rings. The maximum atomic E-state index is 8.85. The monoisotopic (exact) mass is 174 g/mol. The van der Waals surface area contributed by atoms with Crippen molar-refractivity contribution in [2.24, 2.45) is 0 Å². The fraction of sp³-hybridized carbons (Fsp3) is 0.143. The molecule has 0 aliphatic rings. The summed E-state index contributed by atoms with van der Waals surface area (Å²) in [7, 11) is 0. The van der Waals surface area contributed by atoms with E-state index >= 15 is 0 Å². The predicted molar refractivity (Wildman–Crippen MR) is 41.9 cm³/mol. The van der Waals surface area contributed by atoms with Gasteiger partial charge in [-0.25, -0.2) is 0 Å². The molecule has 0 aliphatic heterocycles. The molecular weight excluding hydrogens is 164 g/mol. The van der Waals surface area contributed by atoms with Gasteiger partial charge in [0.05, 0.1) is 0 Å². The highest BCUT2D eigenvalue weighted by Crippen LogP contribution is 2.07. The number of hydrogen-bond donors (Lipinski definition) is 5. The van der Waals surface area contributed by atoms with Crippen molar-refractivity contribution < 1.29 is 25.5 Å². The lowest BCUT2D eigenvalue weighted by Gasteiger charge is -1.99. The Kier molecular flexibility index (Phi) is 3.72. The van der Waals surface area contributed by atoms with Gasteiger partial charge in [0, 0.05) is 6.08 Å². The molecule has 5 nitrogen and oxygen atoms in total. The zero-order valence-corrected chi connectivity index (χ0v) is 6.23. The van der Waals surface area contributed by atoms with Crippen LogP contribution in [0.15, 0.2) is 35.7 Å². The summed E-state index contributed by atoms with van der Waals surface area (Å²) in [6.07, 6.45) is 0.691. The Morgan fingerprint density at radius 3 is 2.00 bits per heavy atom. The highest BCUT2D eigenvalue weighted by Gasteiger charge is 2.04. The van der Waals surface area contributed by atoms with Gasteiger partial charge >= 0.3 is 0 Å². The van der Waals surface area contributed by atoms with Gasteiger partial charge in [0.2, 0.25) is 0 Å². The topological polar surface area (TPSA) is 101 Å². The third kappa shape index (κ3) is 2.98. The molecule has 5 N–H and O–H groups in total. The normalized spacial score (nSPS) is 13.9. The van der Waals surface area contributed by atoms with Crippen molar-refractivity contribution in [3.8, 4) is 0 Å². The first-order chi connectivity index (χ1) is 5.49. The Morgan fingerprint density at radius 2 is 1.67 bits per heavy atom. The van der Waals surface area contributed by atoms with E-state index in [2.05, 4.69) is 6.58 Å². The van der Waals surface area contributed by atoms with E-state index < -0.39 is 29.6 Å². The molecule has 0 aromatic rings. The van der Waals surface area contributed by atoms with Gasteiger partial charge in [0.25, 0.3) is 0 Å². The van der Waals surface area contributed by atoms with E-state index in [1.807, 2.05) is 0 Å². The van der Waals surface area contributed by atoms with Crippen LogP contribution in [0.4, 0.5) is 0 Å². The second-order valence-corrected chi connectivity index (χ2v) is 1.97. The summed E-state index contributed by atoms with van der Waals surface area (Å²) < 4.78 is 0. The van der Waals surface area contributed by atoms with Crippen molar-refractivity contribution in [1.82, 2.24) is 0 Å². The van der Waals surface area contributed by atoms with Crippen LogP contribution in [0.3, 0.4) is 0 Å². The van der Waals surface area contributed by atoms with Crippen molar-refractivity contribution in [2.75, 3.05) is 6.61 Å². The van der Waals surface area contributed by atoms with Gasteiger partial charge in [-0.05, 0) is 0 Å². The number of hydrogen-bond acceptors (Lipinski definition) is 5. The van der Waals surface area contributed by atoms with Crippen molar-refractivity contribution in [2.45, 2.75) is 0 Å². The fourth-order valence-electron chi connectivity index (χ4n) is 0.420. The van der Waals surface area contributed by atoms with Gasteiger partial charge in [0.15, 0.2) is 17.3 Å². The molecule has 0 aromatic heterocycles. The van der Waals surface area contributed by atoms with Crippen LogP contribution in [-0.2, 0) is 0 Å². The standard InChI is InChI=1S/C7H10O5/c1-4(9)7(12)6(11)2-5(10)3-8/h2,8-12H,1,3H2/b5-2+,7-6-. The summed E-state index contributed by atoms with van der Waals surface area (Å²) >= 11 is 0. The van der Waals surface area contributed by atoms with E-state index in [-0.39, 0.29) is 0 Å². The molecule has 0 aromatic carbocycles. The van der Waals surface area contributed by atoms with Gasteiger partial charge in [-0.1, -0.05) is 6.58 Å². The smallest absolute Gasteiger partial charge is 0.199 e. The average molecular weight is 174 g/mol. The minimum atomic E-state index is -0.852. The lowest BCUT2D eigenvalue weighted by atomic mass is 10.3. The van der Waals surface area contributed by atoms with E-state index in [1.54, 1.807) is 0 Å². The zero-order valence-electron chi connectivity index (χ0n) is 6.23. The summed E-state index contributed by atoms with van der Waals surface area (Å²) in [5.41, 5.74) is 0. The van der Waals surface area contributed by atoms with E-state index in [1.165, 1.54) is 0 Å². The maximum Gasteiger partial charge on any atom is 0.199 e. The molecule has 68 valence electrons. The van der Waals surface area contributed by atoms with Crippen molar-refractivity contribution in [3.63, 3.8) is 0 Å². The van der Waals surface area contributed by atoms with Crippen LogP contribution in [0.25, 0.3) is 0 Å². The molecule has 5 heteroatoms. The van der Waals surface area contributed by atoms with Crippen LogP contribution >= 0.6 is 0 Å². The van der Waals surface area contributed by atoms with Crippen molar-refractivity contribution in [3.05, 3.63) is 35.7 Å². The second kappa shape index (κ2) is 4.30. The lowest BCUT2D eigenvalue weighted by Crippen LogP contribution is -1.94. The summed E-state index contributed by atoms with van der Waals surface area (Å²) in [6, 6.07) is 0. The maximum absolute atomic E-state index is 8.85. The Hall–Kier alpha value is -1.62. The molecule has 0 saturated heterocycles. The fourth-order valence-corrected chi connectivity index (χ4v) is 0.420. The Bertz CT molecular complexity index is 238. The summed E-state index contributed by atoms with van der Waals surface area (Å²) in [4.78, 5) is 0. The van der Waals surface area contributed by atoms with E-state index in [9.17, 15) is 0 Å². The minimum absolute atomic E-state index is 0.541. The summed E-state index contributed by atoms with van der Waals surface area (Å²) in [6.45, 7) is 2.25. The number of aliphatic hydroxyl groups is 5. The minimum Gasteiger partial charge on any atom is -0.510 e. The second-order valence-electron chi connectivity index (χ2n) is 1.97. The number of rotatable bonds is 3. The largest absolute Gasteiger partial charge is 0.510 e. The molecule has 0 rings (SSSR count). The van der Waals surface area contributed by atoms with Crippen molar-refractivity contribution in [1.29, 1.82) is 0 Å². The van der Waals surface area contributed by atoms with Gasteiger partial charge < -0.3 is 25.5 Å². The van der Waals surface area contributed by atoms with Gasteiger partial charge in [-0.15, -0.1) is 0 Å². The highest BCUT2D eigenvalue weighted by atomic mass is 16.3. The summed E-state index contributed by atoms with van der Waals surface area (Å²) in [5, 5.41) is 43.1. The molecule has 0 saturated carbocycles. The third-order valence-corrected chi connectivity index (χ3v) is 0.981. The number of allylic oxidation sites excluding steroid dienone is 1. The Balaban J connectivity index is 4.69. The SMILES string of the molecule is C=C(O)/C(O)=C(O)\C=C(\O)CO. The molecule has 0 radical (unpaired) electrons. The number of aliphatic hydroxyl groups excluding tert-OH is 5. The first-order valence-corrected chi connectivity index (χ1v) is 3.00. The van der Waals surface area contributed by atoms with Gasteiger partial charge in [-0.3, -0.25) is 0 Å². The molecule has 0 aliphatic carbocycles. The van der Waals surface area contributed by atoms with Gasteiger partial charge in [0.1, 0.15) is 12.4 Å². The Morgan fingerprint density at radius 1 is 1.17 bits per heavy atom. The average Bonchev–Trinajstić information content (AvgIpc) is 2.02. The molecule has 0 spiro atoms. The van der Waals surface area contributed by atoms with Crippen LogP contribution in [-0.4, -0.2) is 32.1 Å². The van der Waals surface area contributed by atoms with Crippen LogP contribution in [0.5, 0.6) is 0 Å². The van der Waals surface area contributed by atoms with Gasteiger partial charge in [-0.2, -0.15) is 0 Å². The van der Waals surface area contributed by atoms with Crippen LogP contribution in [0, 0.1) is 0 Å². The molecule has 0 atom stereocenters. The molecule has 0 amide bonds. The highest BCUT2D eigenvalue weighted by molar-refractivity contribution is 5.25. The van der Waals surface area contributed by atoms with E-state index in [4.69, 9.17) is 25.5 Å². The first-order valence-electron chi connectivity index (χ1n) is 3.00. The predicted octanol–water partition coefficient (Wildman–Crippen LogP) is 0.820. The first kappa shape index (κ1) is 10.4. The molecule has 0 heterocycles. The molecule has 12 heavy (non-hydrogen) atoms. The van der Waals surface area contributed by atoms with E-state index in [0.29, 0.717) is 6.08 Å². The molecular formula is C7H10O5. The van der Waals surface area contributed by atoms with Crippen LogP contribution in [0.2, 0.25) is 0 Å². The van der Waals surface area contributed by atoms with Crippen LogP contribution in [0.1, 0.15) is 0 Å². The molecule has 0 bridgehead atoms. The Labute approximate surface area is 68.8 Å². The summed E-state index contributed by atoms with van der Waals surface area (Å²) in [5.74, 6) is -2.89. The van der Waals surface area contributed by atoms with E-state index in [0.717, 1.165) is 0 Å². The van der Waals surface area contributed by atoms with Crippen molar-refractivity contribution >= 4 is 0 Å². The molecule has 0 unspecified atom stereocenters. The lowest BCUT2D eigenvalue weighted by molar-refractivity contribution is 0.248. The van der Waals surface area contributed by atoms with Crippen LogP contribution < -0.4 is 0 Å².